The minimum Gasteiger partial charge on any atom is -0.389 e. The quantitative estimate of drug-likeness (QED) is 0.916. The van der Waals surface area contributed by atoms with E-state index < -0.39 is 6.10 Å². The van der Waals surface area contributed by atoms with E-state index in [1.54, 1.807) is 38.1 Å². The van der Waals surface area contributed by atoms with Gasteiger partial charge in [0.2, 0.25) is 6.29 Å². The normalized spacial score (nSPS) is 13.5. The van der Waals surface area contributed by atoms with Crippen molar-refractivity contribution in [1.29, 1.82) is 0 Å². The first kappa shape index (κ1) is 15.1. The molecular weight excluding hydrogens is 264 g/mol. The SMILES string of the molecule is CC(=O)C(c1ccc([C]=O)cc1)c1ccc([C@H](C)O)cc1. The summed E-state index contributed by atoms with van der Waals surface area (Å²) in [6, 6.07) is 14.2. The maximum atomic E-state index is 12.0. The van der Waals surface area contributed by atoms with Gasteiger partial charge in [0.1, 0.15) is 5.78 Å². The van der Waals surface area contributed by atoms with Crippen molar-refractivity contribution in [2.75, 3.05) is 0 Å². The Bertz CT molecular complexity index is 625. The van der Waals surface area contributed by atoms with E-state index in [0.717, 1.165) is 16.7 Å². The van der Waals surface area contributed by atoms with Crippen molar-refractivity contribution in [2.45, 2.75) is 25.9 Å². The predicted octanol–water partition coefficient (Wildman–Crippen LogP) is 2.92. The molecule has 0 amide bonds. The molecule has 3 nitrogen and oxygen atoms in total. The second kappa shape index (κ2) is 6.46. The van der Waals surface area contributed by atoms with E-state index in [1.165, 1.54) is 0 Å². The summed E-state index contributed by atoms with van der Waals surface area (Å²) in [5, 5.41) is 9.53. The van der Waals surface area contributed by atoms with E-state index >= 15 is 0 Å². The summed E-state index contributed by atoms with van der Waals surface area (Å²) >= 11 is 0. The minimum atomic E-state index is -0.530. The fraction of sp³-hybridized carbons (Fsp3) is 0.222. The van der Waals surface area contributed by atoms with Gasteiger partial charge < -0.3 is 5.11 Å². The topological polar surface area (TPSA) is 54.4 Å². The molecule has 0 fully saturated rings. The molecule has 0 saturated heterocycles. The molecule has 1 unspecified atom stereocenters. The summed E-state index contributed by atoms with van der Waals surface area (Å²) in [6.45, 7) is 3.25. The van der Waals surface area contributed by atoms with Crippen LogP contribution in [0.2, 0.25) is 0 Å². The first-order valence-electron chi connectivity index (χ1n) is 6.79. The molecule has 2 aromatic carbocycles. The highest BCUT2D eigenvalue weighted by Gasteiger charge is 2.19. The van der Waals surface area contributed by atoms with E-state index in [0.29, 0.717) is 5.56 Å². The van der Waals surface area contributed by atoms with Crippen LogP contribution in [0.4, 0.5) is 0 Å². The van der Waals surface area contributed by atoms with Crippen molar-refractivity contribution in [3.8, 4) is 0 Å². The lowest BCUT2D eigenvalue weighted by molar-refractivity contribution is -0.117. The maximum Gasteiger partial charge on any atom is 0.233 e. The molecule has 2 atom stereocenters. The first-order valence-corrected chi connectivity index (χ1v) is 6.79. The van der Waals surface area contributed by atoms with E-state index in [-0.39, 0.29) is 11.7 Å². The molecule has 2 rings (SSSR count). The molecule has 0 heterocycles. The Morgan fingerprint density at radius 2 is 1.38 bits per heavy atom. The Balaban J connectivity index is 2.38. The van der Waals surface area contributed by atoms with Crippen molar-refractivity contribution in [2.24, 2.45) is 0 Å². The summed E-state index contributed by atoms with van der Waals surface area (Å²) in [4.78, 5) is 22.6. The molecule has 0 aliphatic heterocycles. The Labute approximate surface area is 124 Å². The van der Waals surface area contributed by atoms with E-state index in [2.05, 4.69) is 0 Å². The van der Waals surface area contributed by atoms with Crippen molar-refractivity contribution >= 4 is 12.1 Å². The zero-order valence-electron chi connectivity index (χ0n) is 12.0. The van der Waals surface area contributed by atoms with Gasteiger partial charge >= 0.3 is 0 Å². The lowest BCUT2D eigenvalue weighted by atomic mass is 9.87. The monoisotopic (exact) mass is 281 g/mol. The van der Waals surface area contributed by atoms with Crippen molar-refractivity contribution < 1.29 is 14.7 Å². The van der Waals surface area contributed by atoms with Gasteiger partial charge in [-0.1, -0.05) is 48.5 Å². The number of carbonyl (C=O) groups excluding carboxylic acids is 2. The first-order chi connectivity index (χ1) is 10.0. The fourth-order valence-corrected chi connectivity index (χ4v) is 2.37. The van der Waals surface area contributed by atoms with Crippen molar-refractivity contribution in [3.63, 3.8) is 0 Å². The number of aliphatic hydroxyl groups is 1. The van der Waals surface area contributed by atoms with Crippen LogP contribution in [0.1, 0.15) is 48.1 Å². The molecule has 0 spiro atoms. The number of hydrogen-bond acceptors (Lipinski definition) is 3. The van der Waals surface area contributed by atoms with Crippen LogP contribution in [0, 0.1) is 0 Å². The Morgan fingerprint density at radius 1 is 0.952 bits per heavy atom. The number of hydrogen-bond donors (Lipinski definition) is 1. The number of carbonyl (C=O) groups is 1. The Hall–Kier alpha value is -2.26. The number of aliphatic hydroxyl groups excluding tert-OH is 1. The molecular formula is C18H17O3. The van der Waals surface area contributed by atoms with Crippen LogP contribution >= 0.6 is 0 Å². The zero-order chi connectivity index (χ0) is 15.4. The standard InChI is InChI=1S/C18H17O3/c1-12(20)15-7-9-17(10-8-15)18(13(2)21)16-5-3-14(11-19)4-6-16/h3-10,12,18,20H,1-2H3/t12-,18?/m0/s1. The molecule has 21 heavy (non-hydrogen) atoms. The molecule has 1 N–H and O–H groups in total. The molecule has 0 aliphatic rings. The summed E-state index contributed by atoms with van der Waals surface area (Å²) < 4.78 is 0. The largest absolute Gasteiger partial charge is 0.389 e. The molecule has 0 bridgehead atoms. The van der Waals surface area contributed by atoms with Crippen LogP contribution < -0.4 is 0 Å². The number of ketones is 1. The predicted molar refractivity (Wildman–Crippen MR) is 80.8 cm³/mol. The summed E-state index contributed by atoms with van der Waals surface area (Å²) in [7, 11) is 0. The van der Waals surface area contributed by atoms with Crippen molar-refractivity contribution in [1.82, 2.24) is 0 Å². The van der Waals surface area contributed by atoms with Gasteiger partial charge in [-0.15, -0.1) is 0 Å². The van der Waals surface area contributed by atoms with E-state index in [9.17, 15) is 14.7 Å². The minimum absolute atomic E-state index is 0.0302. The third-order valence-electron chi connectivity index (χ3n) is 3.52. The second-order valence-electron chi connectivity index (χ2n) is 5.11. The highest BCUT2D eigenvalue weighted by Crippen LogP contribution is 2.27. The fourth-order valence-electron chi connectivity index (χ4n) is 2.37. The molecule has 0 aliphatic carbocycles. The molecule has 1 radical (unpaired) electrons. The van der Waals surface area contributed by atoms with E-state index in [4.69, 9.17) is 0 Å². The van der Waals surface area contributed by atoms with Gasteiger partial charge in [0.15, 0.2) is 0 Å². The van der Waals surface area contributed by atoms with Crippen LogP contribution in [-0.4, -0.2) is 17.2 Å². The van der Waals surface area contributed by atoms with Gasteiger partial charge in [0.05, 0.1) is 12.0 Å². The molecule has 107 valence electrons. The second-order valence-corrected chi connectivity index (χ2v) is 5.11. The number of Topliss-reactive ketones (excluding diaryl/α,β-unsaturated/α-hetero) is 1. The van der Waals surface area contributed by atoms with Gasteiger partial charge in [-0.25, -0.2) is 0 Å². The lowest BCUT2D eigenvalue weighted by Crippen LogP contribution is -2.10. The molecule has 0 aromatic heterocycles. The van der Waals surface area contributed by atoms with Crippen LogP contribution in [0.25, 0.3) is 0 Å². The Morgan fingerprint density at radius 3 is 1.76 bits per heavy atom. The smallest absolute Gasteiger partial charge is 0.233 e. The van der Waals surface area contributed by atoms with Gasteiger partial charge in [0.25, 0.3) is 0 Å². The number of rotatable bonds is 5. The van der Waals surface area contributed by atoms with Gasteiger partial charge in [-0.05, 0) is 30.5 Å². The summed E-state index contributed by atoms with van der Waals surface area (Å²) in [6.07, 6.45) is 1.29. The third kappa shape index (κ3) is 3.44. The van der Waals surface area contributed by atoms with Gasteiger partial charge in [-0.3, -0.25) is 9.59 Å². The molecule has 2 aromatic rings. The summed E-state index contributed by atoms with van der Waals surface area (Å²) in [5.41, 5.74) is 2.98. The highest BCUT2D eigenvalue weighted by molar-refractivity contribution is 5.87. The van der Waals surface area contributed by atoms with Crippen LogP contribution in [0.15, 0.2) is 48.5 Å². The van der Waals surface area contributed by atoms with E-state index in [1.807, 2.05) is 30.6 Å². The average Bonchev–Trinajstić information content (AvgIpc) is 2.48. The molecule has 3 heteroatoms. The lowest BCUT2D eigenvalue weighted by Gasteiger charge is -2.16. The summed E-state index contributed by atoms with van der Waals surface area (Å²) in [5.74, 6) is -0.337. The maximum absolute atomic E-state index is 12.0. The van der Waals surface area contributed by atoms with Crippen LogP contribution in [0.3, 0.4) is 0 Å². The molecule has 0 saturated carbocycles. The van der Waals surface area contributed by atoms with Gasteiger partial charge in [-0.2, -0.15) is 0 Å². The van der Waals surface area contributed by atoms with Crippen molar-refractivity contribution in [3.05, 3.63) is 70.8 Å². The third-order valence-corrected chi connectivity index (χ3v) is 3.52. The van der Waals surface area contributed by atoms with Crippen LogP contribution in [-0.2, 0) is 9.59 Å². The highest BCUT2D eigenvalue weighted by atomic mass is 16.3. The zero-order valence-corrected chi connectivity index (χ0v) is 12.0. The number of benzene rings is 2. The van der Waals surface area contributed by atoms with Crippen LogP contribution in [0.5, 0.6) is 0 Å². The average molecular weight is 281 g/mol. The van der Waals surface area contributed by atoms with Gasteiger partial charge in [0, 0.05) is 5.56 Å². The Kier molecular flexibility index (Phi) is 4.66.